The number of nitrogens with zero attached hydrogens (tertiary/aromatic N) is 2. The predicted molar refractivity (Wildman–Crippen MR) is 84.9 cm³/mol. The molecular formula is C16H29N3. The minimum Gasteiger partial charge on any atom is -0.378 e. The Kier molecular flexibility index (Phi) is 5.83. The highest BCUT2D eigenvalue weighted by Crippen LogP contribution is 2.21. The van der Waals surface area contributed by atoms with Crippen molar-refractivity contribution in [3.8, 4) is 0 Å². The van der Waals surface area contributed by atoms with E-state index in [0.29, 0.717) is 6.54 Å². The lowest BCUT2D eigenvalue weighted by atomic mass is 9.90. The van der Waals surface area contributed by atoms with Crippen LogP contribution >= 0.6 is 0 Å². The molecule has 1 unspecified atom stereocenters. The molecule has 3 nitrogen and oxygen atoms in total. The Hall–Kier alpha value is -1.06. The van der Waals surface area contributed by atoms with Crippen molar-refractivity contribution in [2.75, 3.05) is 38.6 Å². The molecule has 108 valence electrons. The molecule has 0 radical (unpaired) electrons. The normalized spacial score (nSPS) is 14.5. The molecular weight excluding hydrogens is 234 g/mol. The van der Waals surface area contributed by atoms with E-state index in [4.69, 9.17) is 5.73 Å². The molecule has 0 aliphatic heterocycles. The fourth-order valence-electron chi connectivity index (χ4n) is 2.65. The molecule has 1 aromatic rings. The summed E-state index contributed by atoms with van der Waals surface area (Å²) in [5.74, 6) is 0. The van der Waals surface area contributed by atoms with Crippen molar-refractivity contribution in [3.63, 3.8) is 0 Å². The fraction of sp³-hybridized carbons (Fsp3) is 0.625. The molecule has 0 aromatic heterocycles. The number of rotatable bonds is 7. The number of hydrogen-bond donors (Lipinski definition) is 1. The zero-order chi connectivity index (χ0) is 14.5. The lowest BCUT2D eigenvalue weighted by Gasteiger charge is -2.39. The maximum atomic E-state index is 6.04. The van der Waals surface area contributed by atoms with Gasteiger partial charge in [-0.25, -0.2) is 0 Å². The van der Waals surface area contributed by atoms with Crippen LogP contribution in [0.3, 0.4) is 0 Å². The summed E-state index contributed by atoms with van der Waals surface area (Å²) >= 11 is 0. The summed E-state index contributed by atoms with van der Waals surface area (Å²) in [5, 5.41) is 0. The third kappa shape index (κ3) is 3.95. The highest BCUT2D eigenvalue weighted by atomic mass is 15.2. The summed E-state index contributed by atoms with van der Waals surface area (Å²) in [4.78, 5) is 4.57. The molecule has 0 spiro atoms. The molecule has 1 aromatic carbocycles. The summed E-state index contributed by atoms with van der Waals surface area (Å²) < 4.78 is 0. The molecule has 0 heterocycles. The Labute approximate surface area is 118 Å². The van der Waals surface area contributed by atoms with E-state index in [1.807, 2.05) is 0 Å². The maximum absolute atomic E-state index is 6.04. The first-order valence-electron chi connectivity index (χ1n) is 7.18. The highest BCUT2D eigenvalue weighted by molar-refractivity contribution is 5.46. The van der Waals surface area contributed by atoms with Gasteiger partial charge in [0.1, 0.15) is 0 Å². The average Bonchev–Trinajstić information content (AvgIpc) is 2.40. The van der Waals surface area contributed by atoms with E-state index in [1.165, 1.54) is 11.3 Å². The number of anilines is 1. The largest absolute Gasteiger partial charge is 0.378 e. The van der Waals surface area contributed by atoms with Gasteiger partial charge in [-0.15, -0.1) is 0 Å². The van der Waals surface area contributed by atoms with E-state index in [1.54, 1.807) is 0 Å². The van der Waals surface area contributed by atoms with E-state index in [0.717, 1.165) is 19.5 Å². The van der Waals surface area contributed by atoms with Gasteiger partial charge < -0.3 is 10.6 Å². The van der Waals surface area contributed by atoms with Crippen molar-refractivity contribution in [2.45, 2.75) is 32.7 Å². The Balaban J connectivity index is 2.86. The van der Waals surface area contributed by atoms with Gasteiger partial charge in [0.15, 0.2) is 0 Å². The van der Waals surface area contributed by atoms with E-state index < -0.39 is 0 Å². The summed E-state index contributed by atoms with van der Waals surface area (Å²) in [6, 6.07) is 8.78. The standard InChI is InChI=1S/C16H29N3/c1-6-19(7-2)16(3,13-17)12-14-8-10-15(11-9-14)18(4)5/h8-11H,6-7,12-13,17H2,1-5H3. The van der Waals surface area contributed by atoms with Crippen molar-refractivity contribution in [1.29, 1.82) is 0 Å². The molecule has 1 atom stereocenters. The lowest BCUT2D eigenvalue weighted by Crippen LogP contribution is -2.53. The first-order chi connectivity index (χ1) is 8.96. The molecule has 2 N–H and O–H groups in total. The Morgan fingerprint density at radius 1 is 1.05 bits per heavy atom. The quantitative estimate of drug-likeness (QED) is 0.819. The van der Waals surface area contributed by atoms with Gasteiger partial charge in [0, 0.05) is 31.9 Å². The first-order valence-corrected chi connectivity index (χ1v) is 7.18. The monoisotopic (exact) mass is 263 g/mol. The van der Waals surface area contributed by atoms with Crippen molar-refractivity contribution in [1.82, 2.24) is 4.90 Å². The maximum Gasteiger partial charge on any atom is 0.0361 e. The molecule has 3 heteroatoms. The zero-order valence-corrected chi connectivity index (χ0v) is 13.1. The minimum atomic E-state index is 0.0448. The molecule has 0 aliphatic carbocycles. The molecule has 1 rings (SSSR count). The fourth-order valence-corrected chi connectivity index (χ4v) is 2.65. The van der Waals surface area contributed by atoms with Crippen LogP contribution in [0, 0.1) is 0 Å². The summed E-state index contributed by atoms with van der Waals surface area (Å²) in [7, 11) is 4.13. The van der Waals surface area contributed by atoms with Gasteiger partial charge in [-0.05, 0) is 44.1 Å². The molecule has 0 amide bonds. The van der Waals surface area contributed by atoms with Gasteiger partial charge in [-0.3, -0.25) is 4.90 Å². The van der Waals surface area contributed by atoms with Gasteiger partial charge in [0.2, 0.25) is 0 Å². The van der Waals surface area contributed by atoms with E-state index in [9.17, 15) is 0 Å². The van der Waals surface area contributed by atoms with Crippen LogP contribution in [0.25, 0.3) is 0 Å². The second-order valence-corrected chi connectivity index (χ2v) is 5.61. The van der Waals surface area contributed by atoms with Crippen LogP contribution in [0.5, 0.6) is 0 Å². The van der Waals surface area contributed by atoms with Crippen LogP contribution in [0.4, 0.5) is 5.69 Å². The van der Waals surface area contributed by atoms with Gasteiger partial charge >= 0.3 is 0 Å². The van der Waals surface area contributed by atoms with Crippen molar-refractivity contribution in [3.05, 3.63) is 29.8 Å². The van der Waals surface area contributed by atoms with Crippen LogP contribution in [-0.4, -0.2) is 44.2 Å². The first kappa shape index (κ1) is 16.0. The minimum absolute atomic E-state index is 0.0448. The van der Waals surface area contributed by atoms with Gasteiger partial charge in [0.05, 0.1) is 0 Å². The summed E-state index contributed by atoms with van der Waals surface area (Å²) in [6.07, 6.45) is 0.999. The van der Waals surface area contributed by atoms with Crippen LogP contribution in [0.15, 0.2) is 24.3 Å². The van der Waals surface area contributed by atoms with E-state index in [2.05, 4.69) is 68.9 Å². The Morgan fingerprint density at radius 3 is 1.95 bits per heavy atom. The van der Waals surface area contributed by atoms with Crippen molar-refractivity contribution >= 4 is 5.69 Å². The number of nitrogens with two attached hydrogens (primary N) is 1. The number of hydrogen-bond acceptors (Lipinski definition) is 3. The Bertz CT molecular complexity index is 368. The van der Waals surface area contributed by atoms with E-state index >= 15 is 0 Å². The molecule has 0 saturated heterocycles. The predicted octanol–water partition coefficient (Wildman–Crippen LogP) is 2.35. The third-order valence-electron chi connectivity index (χ3n) is 4.00. The topological polar surface area (TPSA) is 32.5 Å². The van der Waals surface area contributed by atoms with E-state index in [-0.39, 0.29) is 5.54 Å². The molecule has 0 aliphatic rings. The highest BCUT2D eigenvalue weighted by Gasteiger charge is 2.28. The molecule has 0 bridgehead atoms. The molecule has 0 saturated carbocycles. The van der Waals surface area contributed by atoms with Gasteiger partial charge in [0.25, 0.3) is 0 Å². The zero-order valence-electron chi connectivity index (χ0n) is 13.1. The van der Waals surface area contributed by atoms with Crippen LogP contribution < -0.4 is 10.6 Å². The second kappa shape index (κ2) is 6.92. The SMILES string of the molecule is CCN(CC)C(C)(CN)Cc1ccc(N(C)C)cc1. The second-order valence-electron chi connectivity index (χ2n) is 5.61. The summed E-state index contributed by atoms with van der Waals surface area (Å²) in [6.45, 7) is 9.43. The molecule has 19 heavy (non-hydrogen) atoms. The number of likely N-dealkylation sites (N-methyl/N-ethyl adjacent to an activating group) is 1. The Morgan fingerprint density at radius 2 is 1.58 bits per heavy atom. The lowest BCUT2D eigenvalue weighted by molar-refractivity contribution is 0.124. The van der Waals surface area contributed by atoms with Crippen molar-refractivity contribution in [2.24, 2.45) is 5.73 Å². The van der Waals surface area contributed by atoms with Crippen molar-refractivity contribution < 1.29 is 0 Å². The number of benzene rings is 1. The van der Waals surface area contributed by atoms with Crippen LogP contribution in [0.1, 0.15) is 26.3 Å². The average molecular weight is 263 g/mol. The van der Waals surface area contributed by atoms with Crippen LogP contribution in [-0.2, 0) is 6.42 Å². The summed E-state index contributed by atoms with van der Waals surface area (Å²) in [5.41, 5.74) is 8.67. The van der Waals surface area contributed by atoms with Gasteiger partial charge in [-0.2, -0.15) is 0 Å². The smallest absolute Gasteiger partial charge is 0.0361 e. The third-order valence-corrected chi connectivity index (χ3v) is 4.00. The van der Waals surface area contributed by atoms with Gasteiger partial charge in [-0.1, -0.05) is 26.0 Å². The van der Waals surface area contributed by atoms with Crippen LogP contribution in [0.2, 0.25) is 0 Å². The molecule has 0 fully saturated rings.